The molecule has 52 heavy (non-hydrogen) atoms. The molecule has 0 radical (unpaired) electrons. The van der Waals surface area contributed by atoms with Crippen molar-refractivity contribution in [2.24, 2.45) is 0 Å². The molecule has 5 nitrogen and oxygen atoms in total. The molecule has 240 valence electrons. The zero-order valence-electron chi connectivity index (χ0n) is 27.6. The highest BCUT2D eigenvalue weighted by atomic mass is 32.1. The van der Waals surface area contributed by atoms with Gasteiger partial charge in [-0.05, 0) is 42.5 Å². The summed E-state index contributed by atoms with van der Waals surface area (Å²) in [6, 6.07) is 54.8. The molecule has 13 rings (SSSR count). The predicted molar refractivity (Wildman–Crippen MR) is 218 cm³/mol. The molecule has 6 aromatic heterocycles. The molecule has 0 aliphatic heterocycles. The number of nitrogens with zero attached hydrogens (tertiary/aromatic N) is 5. The first-order valence-electron chi connectivity index (χ1n) is 17.6. The van der Waals surface area contributed by atoms with Crippen LogP contribution in [0.4, 0.5) is 0 Å². The van der Waals surface area contributed by atoms with Gasteiger partial charge in [0.25, 0.3) is 0 Å². The topological polar surface area (TPSA) is 40.0 Å². The molecule has 6 heteroatoms. The Hall–Kier alpha value is -6.76. The molecule has 0 aliphatic rings. The number of para-hydroxylation sites is 5. The van der Waals surface area contributed by atoms with Crippen molar-refractivity contribution in [2.75, 3.05) is 0 Å². The van der Waals surface area contributed by atoms with Crippen molar-refractivity contribution in [2.45, 2.75) is 0 Å². The number of hydrogen-bond donors (Lipinski definition) is 0. The second-order valence-corrected chi connectivity index (χ2v) is 14.8. The van der Waals surface area contributed by atoms with E-state index in [2.05, 4.69) is 165 Å². The van der Waals surface area contributed by atoms with Gasteiger partial charge < -0.3 is 4.40 Å². The van der Waals surface area contributed by atoms with Crippen LogP contribution in [0.15, 0.2) is 152 Å². The van der Waals surface area contributed by atoms with Crippen molar-refractivity contribution in [1.29, 1.82) is 0 Å². The maximum Gasteiger partial charge on any atom is 0.238 e. The lowest BCUT2D eigenvalue weighted by atomic mass is 10.0. The van der Waals surface area contributed by atoms with Crippen LogP contribution in [0, 0.1) is 0 Å². The molecular formula is C46H25N5S. The summed E-state index contributed by atoms with van der Waals surface area (Å²) in [5.74, 6) is 1.57. The van der Waals surface area contributed by atoms with Gasteiger partial charge in [0.1, 0.15) is 4.83 Å². The molecule has 0 spiro atoms. The van der Waals surface area contributed by atoms with Gasteiger partial charge in [-0.25, -0.2) is 4.98 Å². The minimum atomic E-state index is 0.671. The largest absolute Gasteiger partial charge is 0.308 e. The molecule has 0 fully saturated rings. The first-order chi connectivity index (χ1) is 25.8. The van der Waals surface area contributed by atoms with Crippen molar-refractivity contribution >= 4 is 113 Å². The van der Waals surface area contributed by atoms with Crippen LogP contribution in [0.3, 0.4) is 0 Å². The van der Waals surface area contributed by atoms with E-state index in [1.165, 1.54) is 69.7 Å². The number of fused-ring (bicyclic) bond motifs is 16. The van der Waals surface area contributed by atoms with Gasteiger partial charge in [-0.2, -0.15) is 4.98 Å². The summed E-state index contributed by atoms with van der Waals surface area (Å²) in [4.78, 5) is 12.0. The Bertz CT molecular complexity index is 3600. The van der Waals surface area contributed by atoms with Gasteiger partial charge in [0.2, 0.25) is 5.95 Å². The molecule has 0 aliphatic carbocycles. The summed E-state index contributed by atoms with van der Waals surface area (Å²) >= 11 is 1.74. The summed E-state index contributed by atoms with van der Waals surface area (Å²) < 4.78 is 8.34. The van der Waals surface area contributed by atoms with Gasteiger partial charge >= 0.3 is 0 Å². The molecule has 0 unspecified atom stereocenters. The highest BCUT2D eigenvalue weighted by Crippen LogP contribution is 2.48. The average molecular weight is 680 g/mol. The maximum absolute atomic E-state index is 5.67. The fourth-order valence-corrected chi connectivity index (χ4v) is 10.3. The fraction of sp³-hybridized carbons (Fsp3) is 0. The molecular weight excluding hydrogens is 655 g/mol. The summed E-state index contributed by atoms with van der Waals surface area (Å²) in [6.45, 7) is 0. The van der Waals surface area contributed by atoms with Gasteiger partial charge in [-0.1, -0.05) is 109 Å². The Labute approximate surface area is 299 Å². The molecule has 0 amide bonds. The van der Waals surface area contributed by atoms with E-state index in [0.29, 0.717) is 5.95 Å². The van der Waals surface area contributed by atoms with Crippen molar-refractivity contribution in [3.63, 3.8) is 0 Å². The van der Waals surface area contributed by atoms with Gasteiger partial charge in [-0.15, -0.1) is 11.3 Å². The lowest BCUT2D eigenvalue weighted by molar-refractivity contribution is 0.977. The van der Waals surface area contributed by atoms with Gasteiger partial charge in [-0.3, -0.25) is 9.13 Å². The Morgan fingerprint density at radius 3 is 1.56 bits per heavy atom. The zero-order chi connectivity index (χ0) is 33.7. The van der Waals surface area contributed by atoms with E-state index in [-0.39, 0.29) is 0 Å². The van der Waals surface area contributed by atoms with E-state index in [1.807, 2.05) is 0 Å². The third kappa shape index (κ3) is 3.20. The van der Waals surface area contributed by atoms with Gasteiger partial charge in [0, 0.05) is 53.2 Å². The molecule has 0 atom stereocenters. The number of aromatic nitrogens is 5. The second-order valence-electron chi connectivity index (χ2n) is 13.8. The molecule has 13 aromatic rings. The number of rotatable bonds is 2. The molecule has 0 saturated carbocycles. The van der Waals surface area contributed by atoms with Gasteiger partial charge in [0.15, 0.2) is 5.82 Å². The van der Waals surface area contributed by atoms with E-state index in [9.17, 15) is 0 Å². The average Bonchev–Trinajstić information content (AvgIpc) is 3.99. The third-order valence-corrected chi connectivity index (χ3v) is 12.3. The van der Waals surface area contributed by atoms with Crippen molar-refractivity contribution < 1.29 is 0 Å². The Kier molecular flexibility index (Phi) is 4.94. The lowest BCUT2D eigenvalue weighted by Crippen LogP contribution is -2.06. The standard InChI is InChI=1S/C46H25N5S/c1-8-20-34-26(13-1)27-14-2-9-21-35(27)51(34)46-47-44(42-31-18-6-12-24-39(31)52-45(42)48-46)50-37-23-11-4-16-29(37)40-38(50)25-32-28-15-3-7-19-33(28)49-36-22-10-5-17-30(36)41(40)43(32)49/h1-25H. The SMILES string of the molecule is c1ccc2c(c1)sc1nc(-n3c4ccccc4c4ccccc43)nc(-n3c4ccccc4c4c5c6ccccc6n6c7ccccc7c(cc43)c56)c12. The molecule has 6 heterocycles. The highest BCUT2D eigenvalue weighted by Gasteiger charge is 2.26. The number of thiophene rings is 1. The van der Waals surface area contributed by atoms with E-state index >= 15 is 0 Å². The first kappa shape index (κ1) is 27.0. The smallest absolute Gasteiger partial charge is 0.238 e. The fourth-order valence-electron chi connectivity index (χ4n) is 9.19. The van der Waals surface area contributed by atoms with Crippen molar-refractivity contribution in [3.8, 4) is 11.8 Å². The van der Waals surface area contributed by atoms with Crippen LogP contribution < -0.4 is 0 Å². The molecule has 7 aromatic carbocycles. The minimum absolute atomic E-state index is 0.671. The van der Waals surface area contributed by atoms with Crippen molar-refractivity contribution in [3.05, 3.63) is 152 Å². The van der Waals surface area contributed by atoms with Crippen LogP contribution in [-0.4, -0.2) is 23.5 Å². The predicted octanol–water partition coefficient (Wildman–Crippen LogP) is 12.2. The van der Waals surface area contributed by atoms with E-state index in [4.69, 9.17) is 9.97 Å². The summed E-state index contributed by atoms with van der Waals surface area (Å²) in [5, 5.41) is 12.2. The van der Waals surface area contributed by atoms with E-state index in [1.54, 1.807) is 11.3 Å². The van der Waals surface area contributed by atoms with Crippen LogP contribution in [0.5, 0.6) is 0 Å². The van der Waals surface area contributed by atoms with Crippen LogP contribution in [0.25, 0.3) is 114 Å². The normalized spacial score (nSPS) is 12.6. The maximum atomic E-state index is 5.67. The lowest BCUT2D eigenvalue weighted by Gasteiger charge is -2.13. The Morgan fingerprint density at radius 1 is 0.385 bits per heavy atom. The van der Waals surface area contributed by atoms with E-state index in [0.717, 1.165) is 38.1 Å². The quantitative estimate of drug-likeness (QED) is 0.182. The monoisotopic (exact) mass is 679 g/mol. The summed E-state index contributed by atoms with van der Waals surface area (Å²) in [6.07, 6.45) is 0. The first-order valence-corrected chi connectivity index (χ1v) is 18.4. The summed E-state index contributed by atoms with van der Waals surface area (Å²) in [5.41, 5.74) is 8.20. The minimum Gasteiger partial charge on any atom is -0.308 e. The number of hydrogen-bond acceptors (Lipinski definition) is 3. The molecule has 0 bridgehead atoms. The van der Waals surface area contributed by atoms with Gasteiger partial charge in [0.05, 0.1) is 44.0 Å². The molecule has 0 N–H and O–H groups in total. The van der Waals surface area contributed by atoms with Crippen LogP contribution >= 0.6 is 11.3 Å². The second kappa shape index (κ2) is 9.51. The van der Waals surface area contributed by atoms with Crippen LogP contribution in [-0.2, 0) is 0 Å². The van der Waals surface area contributed by atoms with E-state index < -0.39 is 0 Å². The third-order valence-electron chi connectivity index (χ3n) is 11.2. The van der Waals surface area contributed by atoms with Crippen LogP contribution in [0.1, 0.15) is 0 Å². The highest BCUT2D eigenvalue weighted by molar-refractivity contribution is 7.25. The Morgan fingerprint density at radius 2 is 0.885 bits per heavy atom. The molecule has 0 saturated heterocycles. The number of benzene rings is 7. The Balaban J connectivity index is 1.28. The van der Waals surface area contributed by atoms with Crippen molar-refractivity contribution in [1.82, 2.24) is 23.5 Å². The summed E-state index contributed by atoms with van der Waals surface area (Å²) in [7, 11) is 0. The van der Waals surface area contributed by atoms with Crippen LogP contribution in [0.2, 0.25) is 0 Å². The zero-order valence-corrected chi connectivity index (χ0v) is 28.4.